The highest BCUT2D eigenvalue weighted by Crippen LogP contribution is 2.57. The van der Waals surface area contributed by atoms with Crippen molar-refractivity contribution in [3.8, 4) is 0 Å². The van der Waals surface area contributed by atoms with Gasteiger partial charge in [0.15, 0.2) is 0 Å². The average Bonchev–Trinajstić information content (AvgIpc) is 2.36. The van der Waals surface area contributed by atoms with E-state index in [4.69, 9.17) is 4.74 Å². The summed E-state index contributed by atoms with van der Waals surface area (Å²) < 4.78 is 5.90. The predicted molar refractivity (Wildman–Crippen MR) is 75.9 cm³/mol. The van der Waals surface area contributed by atoms with Crippen molar-refractivity contribution < 1.29 is 4.74 Å². The molecule has 2 aliphatic rings. The summed E-state index contributed by atoms with van der Waals surface area (Å²) in [4.78, 5) is 4.44. The lowest BCUT2D eigenvalue weighted by Gasteiger charge is -2.61. The predicted octanol–water partition coefficient (Wildman–Crippen LogP) is 3.08. The van der Waals surface area contributed by atoms with Gasteiger partial charge in [-0.15, -0.1) is 0 Å². The molecule has 3 heteroatoms. The van der Waals surface area contributed by atoms with Gasteiger partial charge in [0, 0.05) is 30.3 Å². The minimum atomic E-state index is 0.325. The van der Waals surface area contributed by atoms with Crippen molar-refractivity contribution in [1.29, 1.82) is 0 Å². The molecule has 0 saturated heterocycles. The Kier molecular flexibility index (Phi) is 3.59. The molecule has 0 aromatic carbocycles. The van der Waals surface area contributed by atoms with Crippen molar-refractivity contribution in [2.45, 2.75) is 57.7 Å². The van der Waals surface area contributed by atoms with Crippen LogP contribution in [0, 0.1) is 5.41 Å². The van der Waals surface area contributed by atoms with Gasteiger partial charge in [-0.05, 0) is 45.2 Å². The van der Waals surface area contributed by atoms with Crippen molar-refractivity contribution in [3.05, 3.63) is 30.1 Å². The zero-order chi connectivity index (χ0) is 13.3. The second kappa shape index (κ2) is 5.22. The molecule has 2 unspecified atom stereocenters. The molecule has 3 nitrogen and oxygen atoms in total. The number of rotatable bonds is 5. The number of aromatic nitrogens is 1. The number of ether oxygens (including phenoxy) is 1. The van der Waals surface area contributed by atoms with Crippen LogP contribution in [0.25, 0.3) is 0 Å². The van der Waals surface area contributed by atoms with Crippen molar-refractivity contribution in [2.24, 2.45) is 5.41 Å². The molecule has 0 bridgehead atoms. The molecule has 1 N–H and O–H groups in total. The first-order chi connectivity index (χ1) is 9.26. The van der Waals surface area contributed by atoms with Gasteiger partial charge in [0.05, 0.1) is 11.8 Å². The van der Waals surface area contributed by atoms with Gasteiger partial charge in [-0.25, -0.2) is 0 Å². The van der Waals surface area contributed by atoms with Crippen LogP contribution in [0.2, 0.25) is 0 Å². The van der Waals surface area contributed by atoms with E-state index in [-0.39, 0.29) is 0 Å². The molecule has 3 atom stereocenters. The molecular formula is C16H24N2O. The number of hydrogen-bond acceptors (Lipinski definition) is 3. The first kappa shape index (κ1) is 13.1. The molecule has 0 amide bonds. The van der Waals surface area contributed by atoms with E-state index in [9.17, 15) is 0 Å². The fourth-order valence-corrected chi connectivity index (χ4v) is 3.69. The summed E-state index contributed by atoms with van der Waals surface area (Å²) in [6.45, 7) is 5.15. The Bertz CT molecular complexity index is 416. The number of pyridine rings is 1. The Hall–Kier alpha value is -0.930. The van der Waals surface area contributed by atoms with Crippen LogP contribution in [0.15, 0.2) is 24.4 Å². The lowest BCUT2D eigenvalue weighted by molar-refractivity contribution is -0.174. The van der Waals surface area contributed by atoms with Crippen LogP contribution in [0.3, 0.4) is 0 Å². The highest BCUT2D eigenvalue weighted by atomic mass is 16.5. The fourth-order valence-electron chi connectivity index (χ4n) is 3.69. The van der Waals surface area contributed by atoms with Crippen molar-refractivity contribution in [2.75, 3.05) is 6.61 Å². The SMILES string of the molecule is CCOC1CC(N[C@@H](C)c2ccccn2)C12CCC2. The van der Waals surface area contributed by atoms with E-state index in [1.807, 2.05) is 12.3 Å². The summed E-state index contributed by atoms with van der Waals surface area (Å²) in [5.41, 5.74) is 1.57. The molecule has 3 rings (SSSR count). The van der Waals surface area contributed by atoms with Crippen molar-refractivity contribution in [1.82, 2.24) is 10.3 Å². The van der Waals surface area contributed by atoms with Crippen LogP contribution in [-0.2, 0) is 4.74 Å². The average molecular weight is 260 g/mol. The summed E-state index contributed by atoms with van der Waals surface area (Å²) in [6.07, 6.45) is 7.52. The van der Waals surface area contributed by atoms with Gasteiger partial charge in [0.2, 0.25) is 0 Å². The first-order valence-corrected chi connectivity index (χ1v) is 7.55. The van der Waals surface area contributed by atoms with E-state index in [1.165, 1.54) is 19.3 Å². The minimum Gasteiger partial charge on any atom is -0.378 e. The van der Waals surface area contributed by atoms with Gasteiger partial charge in [0.1, 0.15) is 0 Å². The summed E-state index contributed by atoms with van der Waals surface area (Å²) >= 11 is 0. The molecule has 1 aromatic rings. The first-order valence-electron chi connectivity index (χ1n) is 7.55. The summed E-state index contributed by atoms with van der Waals surface area (Å²) in [6, 6.07) is 7.06. The minimum absolute atomic E-state index is 0.325. The van der Waals surface area contributed by atoms with Crippen molar-refractivity contribution in [3.63, 3.8) is 0 Å². The van der Waals surface area contributed by atoms with Crippen LogP contribution in [0.5, 0.6) is 0 Å². The molecule has 19 heavy (non-hydrogen) atoms. The monoisotopic (exact) mass is 260 g/mol. The second-order valence-corrected chi connectivity index (χ2v) is 5.96. The van der Waals surface area contributed by atoms with Crippen LogP contribution < -0.4 is 5.32 Å². The van der Waals surface area contributed by atoms with Crippen LogP contribution in [0.4, 0.5) is 0 Å². The largest absolute Gasteiger partial charge is 0.378 e. The molecule has 2 fully saturated rings. The number of hydrogen-bond donors (Lipinski definition) is 1. The molecule has 2 saturated carbocycles. The van der Waals surface area contributed by atoms with E-state index >= 15 is 0 Å². The molecule has 1 heterocycles. The summed E-state index contributed by atoms with van der Waals surface area (Å²) in [5, 5.41) is 3.77. The summed E-state index contributed by atoms with van der Waals surface area (Å²) in [5.74, 6) is 0. The quantitative estimate of drug-likeness (QED) is 0.883. The maximum Gasteiger partial charge on any atom is 0.0661 e. The van der Waals surface area contributed by atoms with Gasteiger partial charge >= 0.3 is 0 Å². The molecule has 0 radical (unpaired) electrons. The van der Waals surface area contributed by atoms with E-state index in [0.29, 0.717) is 23.6 Å². The molecule has 1 aromatic heterocycles. The van der Waals surface area contributed by atoms with Gasteiger partial charge < -0.3 is 10.1 Å². The zero-order valence-corrected chi connectivity index (χ0v) is 11.9. The topological polar surface area (TPSA) is 34.1 Å². The van der Waals surface area contributed by atoms with Crippen molar-refractivity contribution >= 4 is 0 Å². The molecular weight excluding hydrogens is 236 g/mol. The normalized spacial score (nSPS) is 29.6. The van der Waals surface area contributed by atoms with Crippen LogP contribution >= 0.6 is 0 Å². The van der Waals surface area contributed by atoms with E-state index in [1.54, 1.807) is 0 Å². The molecule has 0 aliphatic heterocycles. The third kappa shape index (κ3) is 2.19. The lowest BCUT2D eigenvalue weighted by Crippen LogP contribution is -2.67. The Morgan fingerprint density at radius 2 is 2.32 bits per heavy atom. The lowest BCUT2D eigenvalue weighted by atomic mass is 9.51. The highest BCUT2D eigenvalue weighted by molar-refractivity contribution is 5.15. The smallest absolute Gasteiger partial charge is 0.0661 e. The highest BCUT2D eigenvalue weighted by Gasteiger charge is 2.58. The third-order valence-electron chi connectivity index (χ3n) is 5.02. The Labute approximate surface area is 115 Å². The fraction of sp³-hybridized carbons (Fsp3) is 0.688. The summed E-state index contributed by atoms with van der Waals surface area (Å²) in [7, 11) is 0. The second-order valence-electron chi connectivity index (χ2n) is 5.96. The van der Waals surface area contributed by atoms with Gasteiger partial charge in [0.25, 0.3) is 0 Å². The number of nitrogens with one attached hydrogen (secondary N) is 1. The molecule has 104 valence electrons. The zero-order valence-electron chi connectivity index (χ0n) is 11.9. The van der Waals surface area contributed by atoms with Gasteiger partial charge in [-0.3, -0.25) is 4.98 Å². The Morgan fingerprint density at radius 3 is 2.89 bits per heavy atom. The Morgan fingerprint density at radius 1 is 1.47 bits per heavy atom. The number of nitrogens with zero attached hydrogens (tertiary/aromatic N) is 1. The molecule has 1 spiro atoms. The third-order valence-corrected chi connectivity index (χ3v) is 5.02. The van der Waals surface area contributed by atoms with E-state index < -0.39 is 0 Å². The van der Waals surface area contributed by atoms with Crippen LogP contribution in [0.1, 0.15) is 51.3 Å². The maximum atomic E-state index is 5.90. The Balaban J connectivity index is 1.62. The molecule has 2 aliphatic carbocycles. The van der Waals surface area contributed by atoms with Gasteiger partial charge in [-0.2, -0.15) is 0 Å². The van der Waals surface area contributed by atoms with E-state index in [2.05, 4.69) is 36.3 Å². The maximum absolute atomic E-state index is 5.90. The standard InChI is InChI=1S/C16H24N2O/c1-3-19-15-11-14(16(15)8-6-9-16)18-12(2)13-7-4-5-10-17-13/h4-5,7,10,12,14-15,18H,3,6,8-9,11H2,1-2H3/t12-,14?,15?/m0/s1. The van der Waals surface area contributed by atoms with Gasteiger partial charge in [-0.1, -0.05) is 12.5 Å². The van der Waals surface area contributed by atoms with E-state index in [0.717, 1.165) is 18.7 Å². The van der Waals surface area contributed by atoms with Crippen LogP contribution in [-0.4, -0.2) is 23.7 Å².